The van der Waals surface area contributed by atoms with Gasteiger partial charge in [0.25, 0.3) is 0 Å². The van der Waals surface area contributed by atoms with Gasteiger partial charge in [-0.15, -0.1) is 0 Å². The van der Waals surface area contributed by atoms with E-state index in [0.717, 1.165) is 0 Å². The highest BCUT2D eigenvalue weighted by atomic mass is 35.5. The molecule has 0 saturated heterocycles. The molecule has 4 heteroatoms. The Labute approximate surface area is 94.3 Å². The van der Waals surface area contributed by atoms with Crippen molar-refractivity contribution in [1.29, 1.82) is 0 Å². The topological polar surface area (TPSA) is 49.7 Å². The number of halogens is 1. The summed E-state index contributed by atoms with van der Waals surface area (Å²) in [4.78, 5) is 0. The van der Waals surface area contributed by atoms with Crippen LogP contribution in [0.4, 0.5) is 0 Å². The quantitative estimate of drug-likeness (QED) is 0.832. The molecule has 1 aromatic carbocycles. The fraction of sp³-hybridized carbons (Fsp3) is 0.455. The van der Waals surface area contributed by atoms with Gasteiger partial charge >= 0.3 is 0 Å². The first kappa shape index (κ1) is 12.3. The summed E-state index contributed by atoms with van der Waals surface area (Å²) < 4.78 is 5.48. The van der Waals surface area contributed by atoms with Crippen molar-refractivity contribution in [2.24, 2.45) is 0 Å². The highest BCUT2D eigenvalue weighted by Crippen LogP contribution is 2.24. The number of aliphatic hydroxyl groups excluding tert-OH is 2. The maximum atomic E-state index is 9.29. The van der Waals surface area contributed by atoms with Crippen molar-refractivity contribution in [3.8, 4) is 5.75 Å². The number of benzene rings is 1. The molecule has 0 aromatic heterocycles. The molecule has 0 fully saturated rings. The van der Waals surface area contributed by atoms with Crippen LogP contribution < -0.4 is 4.74 Å². The standard InChI is InChI=1S/C11H15ClO3/c1-7(14)8(2)15-11-4-3-10(12)5-9(11)6-13/h3-5,7-8,13-14H,6H2,1-2H3. The van der Waals surface area contributed by atoms with Crippen molar-refractivity contribution in [1.82, 2.24) is 0 Å². The molecule has 0 spiro atoms. The van der Waals surface area contributed by atoms with Crippen LogP contribution in [0, 0.1) is 0 Å². The zero-order valence-electron chi connectivity index (χ0n) is 8.77. The van der Waals surface area contributed by atoms with Crippen molar-refractivity contribution < 1.29 is 14.9 Å². The molecule has 2 N–H and O–H groups in total. The van der Waals surface area contributed by atoms with E-state index in [1.165, 1.54) is 0 Å². The van der Waals surface area contributed by atoms with Gasteiger partial charge in [-0.3, -0.25) is 0 Å². The lowest BCUT2D eigenvalue weighted by Crippen LogP contribution is -2.26. The molecule has 2 unspecified atom stereocenters. The van der Waals surface area contributed by atoms with Crippen molar-refractivity contribution in [2.45, 2.75) is 32.7 Å². The van der Waals surface area contributed by atoms with Gasteiger partial charge in [-0.1, -0.05) is 11.6 Å². The summed E-state index contributed by atoms with van der Waals surface area (Å²) >= 11 is 5.78. The second-order valence-electron chi connectivity index (χ2n) is 3.47. The first-order valence-corrected chi connectivity index (χ1v) is 5.16. The number of aliphatic hydroxyl groups is 2. The Bertz CT molecular complexity index is 326. The van der Waals surface area contributed by atoms with Gasteiger partial charge in [0.05, 0.1) is 12.7 Å². The zero-order chi connectivity index (χ0) is 11.4. The summed E-state index contributed by atoms with van der Waals surface area (Å²) in [6.45, 7) is 3.28. The van der Waals surface area contributed by atoms with E-state index in [1.54, 1.807) is 32.0 Å². The zero-order valence-corrected chi connectivity index (χ0v) is 9.53. The van der Waals surface area contributed by atoms with Crippen LogP contribution in [0.1, 0.15) is 19.4 Å². The molecule has 0 aliphatic rings. The van der Waals surface area contributed by atoms with E-state index in [9.17, 15) is 5.11 Å². The van der Waals surface area contributed by atoms with Gasteiger partial charge in [0.15, 0.2) is 0 Å². The Morgan fingerprint density at radius 1 is 1.40 bits per heavy atom. The molecule has 0 radical (unpaired) electrons. The lowest BCUT2D eigenvalue weighted by Gasteiger charge is -2.19. The van der Waals surface area contributed by atoms with Crippen LogP contribution in [0.25, 0.3) is 0 Å². The summed E-state index contributed by atoms with van der Waals surface area (Å²) in [5, 5.41) is 18.9. The average Bonchev–Trinajstić information content (AvgIpc) is 2.20. The predicted molar refractivity (Wildman–Crippen MR) is 59.1 cm³/mol. The largest absolute Gasteiger partial charge is 0.488 e. The Morgan fingerprint density at radius 2 is 2.07 bits per heavy atom. The fourth-order valence-corrected chi connectivity index (χ4v) is 1.28. The third kappa shape index (κ3) is 3.38. The number of rotatable bonds is 4. The molecular weight excluding hydrogens is 216 g/mol. The predicted octanol–water partition coefficient (Wildman–Crippen LogP) is 1.98. The van der Waals surface area contributed by atoms with E-state index in [1.807, 2.05) is 0 Å². The van der Waals surface area contributed by atoms with Gasteiger partial charge in [0.1, 0.15) is 11.9 Å². The van der Waals surface area contributed by atoms with Crippen LogP contribution >= 0.6 is 11.6 Å². The van der Waals surface area contributed by atoms with Crippen LogP contribution in [0.15, 0.2) is 18.2 Å². The number of ether oxygens (including phenoxy) is 1. The van der Waals surface area contributed by atoms with Gasteiger partial charge in [0.2, 0.25) is 0 Å². The SMILES string of the molecule is CC(O)C(C)Oc1ccc(Cl)cc1CO. The summed E-state index contributed by atoms with van der Waals surface area (Å²) in [5.74, 6) is 0.551. The van der Waals surface area contributed by atoms with Crippen molar-refractivity contribution >= 4 is 11.6 Å². The molecular formula is C11H15ClO3. The van der Waals surface area contributed by atoms with Gasteiger partial charge in [0, 0.05) is 10.6 Å². The molecule has 0 heterocycles. The molecule has 15 heavy (non-hydrogen) atoms. The Balaban J connectivity index is 2.84. The maximum absolute atomic E-state index is 9.29. The monoisotopic (exact) mass is 230 g/mol. The van der Waals surface area contributed by atoms with Crippen LogP contribution in [-0.2, 0) is 6.61 Å². The molecule has 84 valence electrons. The van der Waals surface area contributed by atoms with E-state index in [2.05, 4.69) is 0 Å². The third-order valence-corrected chi connectivity index (χ3v) is 2.42. The average molecular weight is 231 g/mol. The molecule has 0 bridgehead atoms. The van der Waals surface area contributed by atoms with E-state index < -0.39 is 6.10 Å². The Morgan fingerprint density at radius 3 is 2.60 bits per heavy atom. The van der Waals surface area contributed by atoms with E-state index in [-0.39, 0.29) is 12.7 Å². The Hall–Kier alpha value is -0.770. The minimum atomic E-state index is -0.563. The van der Waals surface area contributed by atoms with E-state index in [4.69, 9.17) is 21.4 Å². The maximum Gasteiger partial charge on any atom is 0.125 e. The Kier molecular flexibility index (Phi) is 4.39. The summed E-state index contributed by atoms with van der Waals surface area (Å²) in [6, 6.07) is 5.02. The van der Waals surface area contributed by atoms with Gasteiger partial charge in [-0.2, -0.15) is 0 Å². The van der Waals surface area contributed by atoms with Gasteiger partial charge in [-0.25, -0.2) is 0 Å². The highest BCUT2D eigenvalue weighted by Gasteiger charge is 2.12. The smallest absolute Gasteiger partial charge is 0.125 e. The summed E-state index contributed by atoms with van der Waals surface area (Å²) in [7, 11) is 0. The van der Waals surface area contributed by atoms with Crippen LogP contribution in [0.5, 0.6) is 5.75 Å². The van der Waals surface area contributed by atoms with Crippen LogP contribution in [0.3, 0.4) is 0 Å². The molecule has 1 aromatic rings. The number of hydrogen-bond acceptors (Lipinski definition) is 3. The van der Waals surface area contributed by atoms with Gasteiger partial charge < -0.3 is 14.9 Å². The fourth-order valence-electron chi connectivity index (χ4n) is 1.09. The normalized spacial score (nSPS) is 14.7. The van der Waals surface area contributed by atoms with E-state index >= 15 is 0 Å². The second-order valence-corrected chi connectivity index (χ2v) is 3.91. The van der Waals surface area contributed by atoms with Crippen molar-refractivity contribution in [2.75, 3.05) is 0 Å². The second kappa shape index (κ2) is 5.35. The molecule has 1 rings (SSSR count). The minimum absolute atomic E-state index is 0.136. The molecule has 3 nitrogen and oxygen atoms in total. The van der Waals surface area contributed by atoms with Crippen LogP contribution in [0.2, 0.25) is 5.02 Å². The molecule has 0 saturated carbocycles. The summed E-state index contributed by atoms with van der Waals surface area (Å²) in [6.07, 6.45) is -0.885. The highest BCUT2D eigenvalue weighted by molar-refractivity contribution is 6.30. The van der Waals surface area contributed by atoms with Crippen LogP contribution in [-0.4, -0.2) is 22.4 Å². The first-order chi connectivity index (χ1) is 7.04. The lowest BCUT2D eigenvalue weighted by molar-refractivity contribution is 0.0589. The molecule has 0 aliphatic carbocycles. The molecule has 2 atom stereocenters. The molecule has 0 amide bonds. The van der Waals surface area contributed by atoms with Crippen molar-refractivity contribution in [3.05, 3.63) is 28.8 Å². The first-order valence-electron chi connectivity index (χ1n) is 4.78. The van der Waals surface area contributed by atoms with E-state index in [0.29, 0.717) is 16.3 Å². The summed E-state index contributed by atoms with van der Waals surface area (Å²) in [5.41, 5.74) is 0.620. The van der Waals surface area contributed by atoms with Crippen molar-refractivity contribution in [3.63, 3.8) is 0 Å². The lowest BCUT2D eigenvalue weighted by atomic mass is 10.2. The van der Waals surface area contributed by atoms with Gasteiger partial charge in [-0.05, 0) is 32.0 Å². The third-order valence-electron chi connectivity index (χ3n) is 2.19. The minimum Gasteiger partial charge on any atom is -0.488 e. The number of hydrogen-bond donors (Lipinski definition) is 2. The molecule has 0 aliphatic heterocycles.